The third-order valence-electron chi connectivity index (χ3n) is 10.6. The SMILES string of the molecule is C=CC(=O)N1CC2(CCN(c3nc(OC4CCN(C(=O)N(C)C)CC4)nc4c(OCC(F)(F)F)c(-c5c(C)ccc6[nH]ncc56)c(C=C)cc34)CC2)C1. The fraction of sp³-hybridized carbons (Fsp3) is 0.447. The van der Waals surface area contributed by atoms with Crippen LogP contribution in [0.15, 0.2) is 43.6 Å². The zero-order chi connectivity index (χ0) is 37.7. The zero-order valence-electron chi connectivity index (χ0n) is 30.1. The molecule has 1 N–H and O–H groups in total. The predicted molar refractivity (Wildman–Crippen MR) is 196 cm³/mol. The smallest absolute Gasteiger partial charge is 0.422 e. The molecule has 12 nitrogen and oxygen atoms in total. The average molecular weight is 733 g/mol. The summed E-state index contributed by atoms with van der Waals surface area (Å²) >= 11 is 0. The topological polar surface area (TPSA) is 120 Å². The van der Waals surface area contributed by atoms with Gasteiger partial charge < -0.3 is 29.1 Å². The number of benzene rings is 2. The number of nitrogens with zero attached hydrogens (tertiary/aromatic N) is 7. The molecule has 280 valence electrons. The van der Waals surface area contributed by atoms with Crippen molar-refractivity contribution in [3.05, 3.63) is 54.8 Å². The van der Waals surface area contributed by atoms with E-state index in [1.54, 1.807) is 36.2 Å². The maximum absolute atomic E-state index is 14.0. The molecular formula is C38H43F3N8O4. The Balaban J connectivity index is 1.34. The van der Waals surface area contributed by atoms with Crippen molar-refractivity contribution >= 4 is 45.6 Å². The molecule has 0 radical (unpaired) electrons. The second kappa shape index (κ2) is 13.9. The molecule has 3 aliphatic heterocycles. The zero-order valence-corrected chi connectivity index (χ0v) is 30.1. The number of nitrogens with one attached hydrogen (secondary N) is 1. The summed E-state index contributed by atoms with van der Waals surface area (Å²) < 4.78 is 54.1. The fourth-order valence-corrected chi connectivity index (χ4v) is 7.84. The summed E-state index contributed by atoms with van der Waals surface area (Å²) in [6.45, 7) is 11.5. The molecule has 0 unspecified atom stereocenters. The Morgan fingerprint density at radius 2 is 1.75 bits per heavy atom. The van der Waals surface area contributed by atoms with Gasteiger partial charge in [0.25, 0.3) is 0 Å². The third kappa shape index (κ3) is 6.96. The van der Waals surface area contributed by atoms with Crippen molar-refractivity contribution in [2.24, 2.45) is 5.41 Å². The number of aryl methyl sites for hydroxylation is 1. The number of rotatable bonds is 8. The number of hydrogen-bond donors (Lipinski definition) is 1. The molecule has 2 aromatic carbocycles. The molecular weight excluding hydrogens is 689 g/mol. The fourth-order valence-electron chi connectivity index (χ4n) is 7.84. The molecule has 3 fully saturated rings. The maximum Gasteiger partial charge on any atom is 0.422 e. The van der Waals surface area contributed by atoms with Gasteiger partial charge in [0.2, 0.25) is 5.91 Å². The van der Waals surface area contributed by atoms with E-state index in [4.69, 9.17) is 19.4 Å². The number of alkyl halides is 3. The molecule has 4 aromatic rings. The number of carbonyl (C=O) groups excluding carboxylic acids is 2. The van der Waals surface area contributed by atoms with Crippen molar-refractivity contribution < 1.29 is 32.2 Å². The van der Waals surface area contributed by atoms with Gasteiger partial charge in [0, 0.05) is 88.0 Å². The number of halogens is 3. The Bertz CT molecular complexity index is 2070. The van der Waals surface area contributed by atoms with Gasteiger partial charge in [-0.25, -0.2) is 4.79 Å². The first-order valence-corrected chi connectivity index (χ1v) is 17.7. The van der Waals surface area contributed by atoms with Crippen LogP contribution >= 0.6 is 0 Å². The van der Waals surface area contributed by atoms with Crippen molar-refractivity contribution in [2.75, 3.05) is 64.9 Å². The van der Waals surface area contributed by atoms with Crippen molar-refractivity contribution in [2.45, 2.75) is 44.9 Å². The second-order valence-electron chi connectivity index (χ2n) is 14.5. The van der Waals surface area contributed by atoms with Crippen molar-refractivity contribution in [3.63, 3.8) is 0 Å². The molecule has 0 bridgehead atoms. The number of likely N-dealkylation sites (tertiary alicyclic amines) is 2. The predicted octanol–water partition coefficient (Wildman–Crippen LogP) is 6.21. The molecule has 3 aliphatic rings. The number of urea groups is 1. The first-order valence-electron chi connectivity index (χ1n) is 17.7. The van der Waals surface area contributed by atoms with Crippen LogP contribution in [0.2, 0.25) is 0 Å². The number of fused-ring (bicyclic) bond motifs is 2. The van der Waals surface area contributed by atoms with Gasteiger partial charge in [-0.1, -0.05) is 25.3 Å². The van der Waals surface area contributed by atoms with E-state index >= 15 is 0 Å². The quantitative estimate of drug-likeness (QED) is 0.213. The number of H-pyrrole nitrogens is 1. The minimum Gasteiger partial charge on any atom is -0.481 e. The summed E-state index contributed by atoms with van der Waals surface area (Å²) in [6.07, 6.45) is 2.26. The van der Waals surface area contributed by atoms with E-state index in [-0.39, 0.29) is 40.7 Å². The van der Waals surface area contributed by atoms with E-state index < -0.39 is 12.8 Å². The number of piperidine rings is 2. The van der Waals surface area contributed by atoms with Gasteiger partial charge in [0.05, 0.1) is 11.7 Å². The van der Waals surface area contributed by atoms with E-state index in [0.717, 1.165) is 18.4 Å². The van der Waals surface area contributed by atoms with E-state index in [2.05, 4.69) is 28.3 Å². The van der Waals surface area contributed by atoms with Crippen LogP contribution in [0.1, 0.15) is 36.8 Å². The van der Waals surface area contributed by atoms with Crippen LogP contribution in [0.5, 0.6) is 11.8 Å². The first kappa shape index (κ1) is 36.0. The summed E-state index contributed by atoms with van der Waals surface area (Å²) in [6, 6.07) is 5.54. The summed E-state index contributed by atoms with van der Waals surface area (Å²) in [5.41, 5.74) is 3.28. The van der Waals surface area contributed by atoms with E-state index in [1.807, 2.05) is 25.1 Å². The molecule has 0 atom stereocenters. The number of hydrogen-bond acceptors (Lipinski definition) is 8. The normalized spacial score (nSPS) is 17.6. The lowest BCUT2D eigenvalue weighted by Gasteiger charge is -2.54. The Morgan fingerprint density at radius 3 is 2.40 bits per heavy atom. The van der Waals surface area contributed by atoms with Crippen LogP contribution in [0, 0.1) is 12.3 Å². The molecule has 53 heavy (non-hydrogen) atoms. The van der Waals surface area contributed by atoms with Gasteiger partial charge in [0.1, 0.15) is 17.4 Å². The first-order chi connectivity index (χ1) is 25.3. The summed E-state index contributed by atoms with van der Waals surface area (Å²) in [5.74, 6) is 0.375. The van der Waals surface area contributed by atoms with Crippen molar-refractivity contribution in [1.82, 2.24) is 34.9 Å². The lowest BCUT2D eigenvalue weighted by Crippen LogP contribution is -2.61. The average Bonchev–Trinajstić information content (AvgIpc) is 3.61. The summed E-state index contributed by atoms with van der Waals surface area (Å²) in [5, 5.41) is 8.37. The van der Waals surface area contributed by atoms with Crippen molar-refractivity contribution in [1.29, 1.82) is 0 Å². The number of ether oxygens (including phenoxy) is 2. The van der Waals surface area contributed by atoms with Crippen LogP contribution in [0.4, 0.5) is 23.8 Å². The lowest BCUT2D eigenvalue weighted by molar-refractivity contribution is -0.153. The molecule has 1 spiro atoms. The molecule has 3 amide bonds. The van der Waals surface area contributed by atoms with Crippen molar-refractivity contribution in [3.8, 4) is 22.9 Å². The van der Waals surface area contributed by atoms with E-state index in [1.165, 1.54) is 11.0 Å². The largest absolute Gasteiger partial charge is 0.481 e. The molecule has 15 heteroatoms. The highest BCUT2D eigenvalue weighted by Crippen LogP contribution is 2.48. The molecule has 0 saturated carbocycles. The van der Waals surface area contributed by atoms with Gasteiger partial charge in [-0.15, -0.1) is 0 Å². The number of aromatic nitrogens is 4. The highest BCUT2D eigenvalue weighted by atomic mass is 19.4. The number of aromatic amines is 1. The van der Waals surface area contributed by atoms with Gasteiger partial charge in [-0.05, 0) is 54.7 Å². The lowest BCUT2D eigenvalue weighted by atomic mass is 9.72. The molecule has 7 rings (SSSR count). The highest BCUT2D eigenvalue weighted by molar-refractivity contribution is 6.07. The number of carbonyl (C=O) groups is 2. The number of anilines is 1. The molecule has 0 aliphatic carbocycles. The monoisotopic (exact) mass is 732 g/mol. The molecule has 2 aromatic heterocycles. The van der Waals surface area contributed by atoms with E-state index in [0.29, 0.717) is 90.9 Å². The minimum absolute atomic E-state index is 0.0173. The number of amides is 3. The van der Waals surface area contributed by atoms with Gasteiger partial charge in [-0.3, -0.25) is 9.89 Å². The third-order valence-corrected chi connectivity index (χ3v) is 10.6. The van der Waals surface area contributed by atoms with Crippen LogP contribution in [-0.2, 0) is 4.79 Å². The molecule has 5 heterocycles. The summed E-state index contributed by atoms with van der Waals surface area (Å²) in [7, 11) is 3.41. The Hall–Kier alpha value is -5.34. The van der Waals surface area contributed by atoms with Crippen LogP contribution < -0.4 is 14.4 Å². The van der Waals surface area contributed by atoms with Crippen LogP contribution in [0.25, 0.3) is 39.0 Å². The van der Waals surface area contributed by atoms with Crippen LogP contribution in [-0.4, -0.2) is 119 Å². The van der Waals surface area contributed by atoms with Gasteiger partial charge in [0.15, 0.2) is 12.4 Å². The van der Waals surface area contributed by atoms with E-state index in [9.17, 15) is 22.8 Å². The summed E-state index contributed by atoms with van der Waals surface area (Å²) in [4.78, 5) is 41.7. The Labute approximate surface area is 305 Å². The Morgan fingerprint density at radius 1 is 1.04 bits per heavy atom. The second-order valence-corrected chi connectivity index (χ2v) is 14.5. The van der Waals surface area contributed by atoms with Crippen LogP contribution in [0.3, 0.4) is 0 Å². The molecule has 3 saturated heterocycles. The van der Waals surface area contributed by atoms with Gasteiger partial charge >= 0.3 is 18.2 Å². The highest BCUT2D eigenvalue weighted by Gasteiger charge is 2.46. The standard InChI is InChI=1S/C38H43F3N8O4/c1-6-24-18-26-32(33(52-22-38(39,40)41)31(24)30-23(3)8-9-28-27(30)19-42-45-28)43-35(53-25-10-14-48(15-11-25)36(51)46(4)5)44-34(26)47-16-12-37(13-17-47)20-49(21-37)29(50)7-2/h6-9,18-19,25H,1-2,10-17,20-22H2,3-5H3,(H,42,45). The Kier molecular flexibility index (Phi) is 9.45. The maximum atomic E-state index is 14.0. The van der Waals surface area contributed by atoms with Gasteiger partial charge in [-0.2, -0.15) is 28.2 Å². The minimum atomic E-state index is -4.64.